The first-order valence-corrected chi connectivity index (χ1v) is 12.4. The molecule has 1 aromatic heterocycles. The zero-order chi connectivity index (χ0) is 26.0. The van der Waals surface area contributed by atoms with Crippen molar-refractivity contribution < 1.29 is 23.4 Å². The topological polar surface area (TPSA) is 46.5 Å². The summed E-state index contributed by atoms with van der Waals surface area (Å²) in [6.45, 7) is 7.42. The maximum Gasteiger partial charge on any atom is 0.328 e. The fraction of sp³-hybridized carbons (Fsp3) is 0.233. The average molecular weight is 507 g/mol. The number of benzene rings is 3. The Morgan fingerprint density at radius 3 is 2.28 bits per heavy atom. The van der Waals surface area contributed by atoms with Crippen molar-refractivity contribution in [1.82, 2.24) is 0 Å². The van der Waals surface area contributed by atoms with Crippen LogP contribution in [0.4, 0.5) is 8.78 Å². The van der Waals surface area contributed by atoms with Crippen molar-refractivity contribution in [3.05, 3.63) is 83.2 Å². The van der Waals surface area contributed by atoms with E-state index in [1.165, 1.54) is 17.4 Å². The van der Waals surface area contributed by atoms with Crippen LogP contribution in [0, 0.1) is 0 Å². The Bertz CT molecular complexity index is 1430. The summed E-state index contributed by atoms with van der Waals surface area (Å²) in [6.07, 6.45) is -1.41. The number of thiophene rings is 1. The van der Waals surface area contributed by atoms with Crippen LogP contribution in [0.15, 0.2) is 72.8 Å². The van der Waals surface area contributed by atoms with Crippen LogP contribution in [-0.4, -0.2) is 24.1 Å². The third-order valence-electron chi connectivity index (χ3n) is 5.95. The molecule has 0 unspecified atom stereocenters. The Hall–Kier alpha value is -3.51. The zero-order valence-electron chi connectivity index (χ0n) is 20.6. The molecule has 1 heterocycles. The van der Waals surface area contributed by atoms with Gasteiger partial charge in [0.15, 0.2) is 0 Å². The number of aliphatic carboxylic acids is 1. The van der Waals surface area contributed by atoms with Crippen molar-refractivity contribution in [2.24, 2.45) is 0 Å². The van der Waals surface area contributed by atoms with Gasteiger partial charge in [-0.05, 0) is 70.3 Å². The van der Waals surface area contributed by atoms with E-state index < -0.39 is 19.0 Å². The molecule has 186 valence electrons. The van der Waals surface area contributed by atoms with E-state index in [9.17, 15) is 13.6 Å². The van der Waals surface area contributed by atoms with E-state index in [1.807, 2.05) is 66.7 Å². The first-order chi connectivity index (χ1) is 17.0. The molecule has 0 aliphatic rings. The van der Waals surface area contributed by atoms with Crippen LogP contribution in [-0.2, 0) is 10.2 Å². The van der Waals surface area contributed by atoms with Crippen molar-refractivity contribution in [3.63, 3.8) is 0 Å². The van der Waals surface area contributed by atoms with Gasteiger partial charge < -0.3 is 9.84 Å². The molecule has 0 fully saturated rings. The number of rotatable bonds is 7. The lowest BCUT2D eigenvalue weighted by Gasteiger charge is -2.24. The number of ether oxygens (including phenoxy) is 1. The molecule has 3 nitrogen and oxygen atoms in total. The smallest absolute Gasteiger partial charge is 0.328 e. The fourth-order valence-electron chi connectivity index (χ4n) is 4.07. The molecule has 36 heavy (non-hydrogen) atoms. The van der Waals surface area contributed by atoms with Crippen molar-refractivity contribution in [3.8, 4) is 28.0 Å². The lowest BCUT2D eigenvalue weighted by atomic mass is 9.82. The van der Waals surface area contributed by atoms with Crippen molar-refractivity contribution >= 4 is 33.0 Å². The number of hydrogen-bond donors (Lipinski definition) is 1. The molecule has 6 heteroatoms. The molecule has 0 saturated heterocycles. The van der Waals surface area contributed by atoms with Crippen LogP contribution in [0.3, 0.4) is 0 Å². The molecule has 1 N–H and O–H groups in total. The summed E-state index contributed by atoms with van der Waals surface area (Å²) >= 11 is 1.52. The van der Waals surface area contributed by atoms with Crippen LogP contribution in [0.2, 0.25) is 0 Å². The maximum atomic E-state index is 13.3. The van der Waals surface area contributed by atoms with Gasteiger partial charge in [-0.25, -0.2) is 13.6 Å². The van der Waals surface area contributed by atoms with Crippen LogP contribution < -0.4 is 4.74 Å². The number of carboxylic acid groups (broad SMARTS) is 1. The summed E-state index contributed by atoms with van der Waals surface area (Å²) < 4.78 is 33.3. The highest BCUT2D eigenvalue weighted by Gasteiger charge is 2.23. The normalized spacial score (nSPS) is 12.4. The minimum atomic E-state index is -2.60. The van der Waals surface area contributed by atoms with E-state index in [1.54, 1.807) is 6.92 Å². The molecule has 0 aliphatic carbocycles. The van der Waals surface area contributed by atoms with E-state index in [0.29, 0.717) is 11.3 Å². The highest BCUT2D eigenvalue weighted by atomic mass is 32.1. The Balaban J connectivity index is 1.94. The zero-order valence-corrected chi connectivity index (χ0v) is 21.5. The lowest BCUT2D eigenvalue weighted by molar-refractivity contribution is -0.131. The number of halogens is 2. The molecule has 3 aromatic carbocycles. The van der Waals surface area contributed by atoms with E-state index in [4.69, 9.17) is 9.84 Å². The Labute approximate surface area is 213 Å². The Kier molecular flexibility index (Phi) is 7.27. The van der Waals surface area contributed by atoms with Gasteiger partial charge in [-0.3, -0.25) is 0 Å². The fourth-order valence-corrected chi connectivity index (χ4v) is 5.09. The molecule has 0 saturated carbocycles. The second kappa shape index (κ2) is 10.2. The van der Waals surface area contributed by atoms with Gasteiger partial charge in [0.1, 0.15) is 12.4 Å². The summed E-state index contributed by atoms with van der Waals surface area (Å²) in [5.41, 5.74) is 4.80. The number of hydrogen-bond acceptors (Lipinski definition) is 3. The van der Waals surface area contributed by atoms with Crippen molar-refractivity contribution in [2.45, 2.75) is 39.5 Å². The number of carboxylic acids is 1. The minimum absolute atomic E-state index is 0.183. The Morgan fingerprint density at radius 2 is 1.67 bits per heavy atom. The number of carbonyl (C=O) groups is 1. The van der Waals surface area contributed by atoms with Gasteiger partial charge in [-0.15, -0.1) is 11.3 Å². The van der Waals surface area contributed by atoms with Gasteiger partial charge >= 0.3 is 5.97 Å². The first kappa shape index (κ1) is 25.6. The van der Waals surface area contributed by atoms with Gasteiger partial charge in [-0.2, -0.15) is 0 Å². The van der Waals surface area contributed by atoms with Gasteiger partial charge in [0.25, 0.3) is 6.43 Å². The largest absolute Gasteiger partial charge is 0.486 e. The monoisotopic (exact) mass is 506 g/mol. The summed E-state index contributed by atoms with van der Waals surface area (Å²) in [7, 11) is 0. The van der Waals surface area contributed by atoms with Gasteiger partial charge in [0.05, 0.1) is 0 Å². The molecule has 4 rings (SSSR count). The number of alkyl halides is 2. The lowest BCUT2D eigenvalue weighted by Crippen LogP contribution is -2.13. The average Bonchev–Trinajstić information content (AvgIpc) is 3.25. The van der Waals surface area contributed by atoms with Gasteiger partial charge in [0.2, 0.25) is 0 Å². The molecule has 0 atom stereocenters. The molecule has 4 aromatic rings. The molecule has 0 radical (unpaired) electrons. The van der Waals surface area contributed by atoms with Crippen LogP contribution in [0.5, 0.6) is 5.75 Å². The van der Waals surface area contributed by atoms with Crippen LogP contribution in [0.25, 0.3) is 37.9 Å². The van der Waals surface area contributed by atoms with E-state index >= 15 is 0 Å². The van der Waals surface area contributed by atoms with Gasteiger partial charge in [0, 0.05) is 26.8 Å². The van der Waals surface area contributed by atoms with E-state index in [-0.39, 0.29) is 5.41 Å². The third kappa shape index (κ3) is 5.65. The van der Waals surface area contributed by atoms with Crippen molar-refractivity contribution in [1.29, 1.82) is 0 Å². The molecular weight excluding hydrogens is 478 g/mol. The van der Waals surface area contributed by atoms with E-state index in [2.05, 4.69) is 20.8 Å². The van der Waals surface area contributed by atoms with Crippen molar-refractivity contribution in [2.75, 3.05) is 6.61 Å². The second-order valence-electron chi connectivity index (χ2n) is 9.75. The second-order valence-corrected chi connectivity index (χ2v) is 10.8. The standard InChI is InChI=1S/C30H28F2O3S/c1-18(12-28(33)34)26-14-21-13-20(10-11-25(21)36-26)24-16-22(30(2,3)4)15-23(19-8-6-5-7-9-19)29(24)35-17-27(31)32/h5-16,27H,17H2,1-4H3,(H,33,34)/b18-12-. The SMILES string of the molecule is C/C(=C/C(=O)O)c1cc2cc(-c3cc(C(C)(C)C)cc(-c4ccccc4)c3OCC(F)F)ccc2s1. The quantitative estimate of drug-likeness (QED) is 0.255. The molecule has 0 aliphatic heterocycles. The van der Waals surface area contributed by atoms with Gasteiger partial charge in [-0.1, -0.05) is 57.2 Å². The minimum Gasteiger partial charge on any atom is -0.486 e. The first-order valence-electron chi connectivity index (χ1n) is 11.6. The predicted molar refractivity (Wildman–Crippen MR) is 144 cm³/mol. The molecular formula is C30H28F2O3S. The predicted octanol–water partition coefficient (Wildman–Crippen LogP) is 8.66. The number of allylic oxidation sites excluding steroid dienone is 1. The summed E-state index contributed by atoms with van der Waals surface area (Å²) in [6, 6.07) is 21.6. The summed E-state index contributed by atoms with van der Waals surface area (Å²) in [5.74, 6) is -0.565. The summed E-state index contributed by atoms with van der Waals surface area (Å²) in [5, 5.41) is 10.1. The highest BCUT2D eigenvalue weighted by Crippen LogP contribution is 2.44. The Morgan fingerprint density at radius 1 is 1.00 bits per heavy atom. The number of fused-ring (bicyclic) bond motifs is 1. The summed E-state index contributed by atoms with van der Waals surface area (Å²) in [4.78, 5) is 12.0. The molecule has 0 amide bonds. The highest BCUT2D eigenvalue weighted by molar-refractivity contribution is 7.20. The van der Waals surface area contributed by atoms with E-state index in [0.717, 1.165) is 42.8 Å². The molecule has 0 bridgehead atoms. The molecule has 0 spiro atoms. The third-order valence-corrected chi connectivity index (χ3v) is 7.20. The van der Waals surface area contributed by atoms with Crippen LogP contribution in [0.1, 0.15) is 38.1 Å². The van der Waals surface area contributed by atoms with Crippen LogP contribution >= 0.6 is 11.3 Å². The maximum absolute atomic E-state index is 13.3.